The first-order valence-electron chi connectivity index (χ1n) is 7.31. The zero-order valence-corrected chi connectivity index (χ0v) is 14.5. The number of likely N-dealkylation sites (tertiary alicyclic amines) is 1. The summed E-state index contributed by atoms with van der Waals surface area (Å²) >= 11 is 2.26. The van der Waals surface area contributed by atoms with E-state index in [4.69, 9.17) is 0 Å². The Labute approximate surface area is 135 Å². The van der Waals surface area contributed by atoms with Crippen molar-refractivity contribution in [1.82, 2.24) is 9.80 Å². The lowest BCUT2D eigenvalue weighted by molar-refractivity contribution is 0.0858. The Kier molecular flexibility index (Phi) is 5.99. The van der Waals surface area contributed by atoms with Gasteiger partial charge in [0.05, 0.1) is 6.54 Å². The molecular weight excluding hydrogens is 363 g/mol. The summed E-state index contributed by atoms with van der Waals surface area (Å²) in [5, 5.41) is 0. The van der Waals surface area contributed by atoms with E-state index in [9.17, 15) is 4.79 Å². The van der Waals surface area contributed by atoms with E-state index in [-0.39, 0.29) is 5.78 Å². The molecule has 0 radical (unpaired) electrons. The molecular formula is C16H23IN2O. The van der Waals surface area contributed by atoms with Crippen molar-refractivity contribution in [2.75, 3.05) is 33.2 Å². The standard InChI is InChI=1S/C16H23IN2O/c1-3-19-10-8-15(9-11-19)18(2)12-16(20)13-4-6-14(17)7-5-13/h4-7,15H,3,8-12H2,1-2H3. The second kappa shape index (κ2) is 7.52. The van der Waals surface area contributed by atoms with E-state index in [0.29, 0.717) is 12.6 Å². The van der Waals surface area contributed by atoms with Crippen LogP contribution in [0.2, 0.25) is 0 Å². The molecule has 1 fully saturated rings. The summed E-state index contributed by atoms with van der Waals surface area (Å²) in [6, 6.07) is 8.39. The van der Waals surface area contributed by atoms with Crippen LogP contribution in [0, 0.1) is 3.57 Å². The van der Waals surface area contributed by atoms with Crippen molar-refractivity contribution in [2.45, 2.75) is 25.8 Å². The Bertz CT molecular complexity index is 438. The third kappa shape index (κ3) is 4.27. The highest BCUT2D eigenvalue weighted by atomic mass is 127. The van der Waals surface area contributed by atoms with Gasteiger partial charge in [0.15, 0.2) is 5.78 Å². The number of hydrogen-bond donors (Lipinski definition) is 0. The fourth-order valence-electron chi connectivity index (χ4n) is 2.76. The molecule has 0 amide bonds. The zero-order valence-electron chi connectivity index (χ0n) is 12.3. The minimum absolute atomic E-state index is 0.224. The van der Waals surface area contributed by atoms with Crippen molar-refractivity contribution in [3.05, 3.63) is 33.4 Å². The number of rotatable bonds is 5. The van der Waals surface area contributed by atoms with Crippen molar-refractivity contribution in [3.8, 4) is 0 Å². The second-order valence-corrected chi connectivity index (χ2v) is 6.76. The van der Waals surface area contributed by atoms with E-state index < -0.39 is 0 Å². The molecule has 1 aliphatic rings. The summed E-state index contributed by atoms with van der Waals surface area (Å²) in [5.74, 6) is 0.224. The van der Waals surface area contributed by atoms with E-state index >= 15 is 0 Å². The van der Waals surface area contributed by atoms with E-state index in [0.717, 1.165) is 25.2 Å². The molecule has 110 valence electrons. The largest absolute Gasteiger partial charge is 0.303 e. The third-order valence-corrected chi connectivity index (χ3v) is 4.91. The molecule has 4 heteroatoms. The van der Waals surface area contributed by atoms with Crippen LogP contribution in [0.4, 0.5) is 0 Å². The molecule has 1 aromatic carbocycles. The van der Waals surface area contributed by atoms with Crippen LogP contribution in [0.15, 0.2) is 24.3 Å². The van der Waals surface area contributed by atoms with Gasteiger partial charge in [-0.15, -0.1) is 0 Å². The Morgan fingerprint density at radius 1 is 1.30 bits per heavy atom. The second-order valence-electron chi connectivity index (χ2n) is 5.51. The van der Waals surface area contributed by atoms with E-state index in [1.165, 1.54) is 16.4 Å². The number of hydrogen-bond acceptors (Lipinski definition) is 3. The topological polar surface area (TPSA) is 23.6 Å². The normalized spacial score (nSPS) is 17.6. The van der Waals surface area contributed by atoms with Crippen LogP contribution in [0.1, 0.15) is 30.1 Å². The molecule has 20 heavy (non-hydrogen) atoms. The minimum Gasteiger partial charge on any atom is -0.303 e. The number of halogens is 1. The van der Waals surface area contributed by atoms with Crippen LogP contribution in [-0.4, -0.2) is 54.9 Å². The van der Waals surface area contributed by atoms with E-state index in [1.807, 2.05) is 24.3 Å². The maximum atomic E-state index is 12.3. The summed E-state index contributed by atoms with van der Waals surface area (Å²) in [5.41, 5.74) is 0.822. The quantitative estimate of drug-likeness (QED) is 0.575. The van der Waals surface area contributed by atoms with Crippen molar-refractivity contribution >= 4 is 28.4 Å². The fraction of sp³-hybridized carbons (Fsp3) is 0.562. The molecule has 0 aromatic heterocycles. The van der Waals surface area contributed by atoms with Gasteiger partial charge in [0.2, 0.25) is 0 Å². The molecule has 0 aliphatic carbocycles. The first-order chi connectivity index (χ1) is 9.60. The first kappa shape index (κ1) is 15.9. The smallest absolute Gasteiger partial charge is 0.176 e. The van der Waals surface area contributed by atoms with Crippen molar-refractivity contribution in [1.29, 1.82) is 0 Å². The van der Waals surface area contributed by atoms with Crippen LogP contribution in [0.25, 0.3) is 0 Å². The summed E-state index contributed by atoms with van der Waals surface area (Å²) in [6.07, 6.45) is 2.34. The molecule has 0 bridgehead atoms. The van der Waals surface area contributed by atoms with Gasteiger partial charge in [-0.1, -0.05) is 19.1 Å². The molecule has 1 heterocycles. The van der Waals surface area contributed by atoms with Crippen LogP contribution in [0.3, 0.4) is 0 Å². The lowest BCUT2D eigenvalue weighted by Crippen LogP contribution is -2.44. The SMILES string of the molecule is CCN1CCC(N(C)CC(=O)c2ccc(I)cc2)CC1. The number of carbonyl (C=O) groups is 1. The lowest BCUT2D eigenvalue weighted by atomic mass is 10.0. The highest BCUT2D eigenvalue weighted by Gasteiger charge is 2.23. The Morgan fingerprint density at radius 3 is 2.45 bits per heavy atom. The molecule has 1 aromatic rings. The summed E-state index contributed by atoms with van der Waals surface area (Å²) in [4.78, 5) is 17.0. The van der Waals surface area contributed by atoms with Crippen molar-refractivity contribution < 1.29 is 4.79 Å². The first-order valence-corrected chi connectivity index (χ1v) is 8.39. The lowest BCUT2D eigenvalue weighted by Gasteiger charge is -2.36. The predicted molar refractivity (Wildman–Crippen MR) is 91.3 cm³/mol. The highest BCUT2D eigenvalue weighted by molar-refractivity contribution is 14.1. The van der Waals surface area contributed by atoms with Crippen LogP contribution >= 0.6 is 22.6 Å². The fourth-order valence-corrected chi connectivity index (χ4v) is 3.12. The Balaban J connectivity index is 1.86. The maximum absolute atomic E-state index is 12.3. The average Bonchev–Trinajstić information content (AvgIpc) is 2.48. The van der Waals surface area contributed by atoms with Gasteiger partial charge in [-0.3, -0.25) is 9.69 Å². The summed E-state index contributed by atoms with van der Waals surface area (Å²) < 4.78 is 1.17. The molecule has 0 N–H and O–H groups in total. The van der Waals surface area contributed by atoms with Gasteiger partial charge < -0.3 is 4.90 Å². The highest BCUT2D eigenvalue weighted by Crippen LogP contribution is 2.16. The molecule has 0 unspecified atom stereocenters. The van der Waals surface area contributed by atoms with Crippen LogP contribution < -0.4 is 0 Å². The number of benzene rings is 1. The average molecular weight is 386 g/mol. The Morgan fingerprint density at radius 2 is 1.90 bits per heavy atom. The van der Waals surface area contributed by atoms with E-state index in [1.54, 1.807) is 0 Å². The van der Waals surface area contributed by atoms with Gasteiger partial charge in [-0.05, 0) is 74.2 Å². The van der Waals surface area contributed by atoms with Gasteiger partial charge in [0.25, 0.3) is 0 Å². The molecule has 1 saturated heterocycles. The molecule has 0 saturated carbocycles. The van der Waals surface area contributed by atoms with E-state index in [2.05, 4.69) is 46.4 Å². The predicted octanol–water partition coefficient (Wildman–Crippen LogP) is 2.89. The van der Waals surface area contributed by atoms with Gasteiger partial charge in [0, 0.05) is 15.2 Å². The van der Waals surface area contributed by atoms with Gasteiger partial charge in [-0.2, -0.15) is 0 Å². The van der Waals surface area contributed by atoms with Gasteiger partial charge in [-0.25, -0.2) is 0 Å². The van der Waals surface area contributed by atoms with Crippen molar-refractivity contribution in [2.24, 2.45) is 0 Å². The number of Topliss-reactive ketones (excluding diaryl/α,β-unsaturated/α-hetero) is 1. The molecule has 0 atom stereocenters. The number of ketones is 1. The monoisotopic (exact) mass is 386 g/mol. The van der Waals surface area contributed by atoms with Crippen LogP contribution in [0.5, 0.6) is 0 Å². The number of likely N-dealkylation sites (N-methyl/N-ethyl adjacent to an activating group) is 1. The summed E-state index contributed by atoms with van der Waals surface area (Å²) in [7, 11) is 2.08. The molecule has 1 aliphatic heterocycles. The third-order valence-electron chi connectivity index (χ3n) is 4.19. The van der Waals surface area contributed by atoms with Crippen molar-refractivity contribution in [3.63, 3.8) is 0 Å². The van der Waals surface area contributed by atoms with Gasteiger partial charge in [0.1, 0.15) is 0 Å². The maximum Gasteiger partial charge on any atom is 0.176 e. The Hall–Kier alpha value is -0.460. The van der Waals surface area contributed by atoms with Gasteiger partial charge >= 0.3 is 0 Å². The molecule has 3 nitrogen and oxygen atoms in total. The summed E-state index contributed by atoms with van der Waals surface area (Å²) in [6.45, 7) is 6.19. The molecule has 0 spiro atoms. The van der Waals surface area contributed by atoms with Crippen LogP contribution in [-0.2, 0) is 0 Å². The number of carbonyl (C=O) groups excluding carboxylic acids is 1. The number of piperidine rings is 1. The zero-order chi connectivity index (χ0) is 14.5. The number of nitrogens with zero attached hydrogens (tertiary/aromatic N) is 2. The molecule has 2 rings (SSSR count). The minimum atomic E-state index is 0.224.